The van der Waals surface area contributed by atoms with E-state index in [4.69, 9.17) is 0 Å². The third-order valence-corrected chi connectivity index (χ3v) is 6.57. The maximum atomic E-state index is 14.0. The lowest BCUT2D eigenvalue weighted by Crippen LogP contribution is -2.47. The number of amides is 1. The lowest BCUT2D eigenvalue weighted by atomic mass is 9.75. The Morgan fingerprint density at radius 2 is 2.04 bits per heavy atom. The fraction of sp³-hybridized carbons (Fsp3) is 0.667. The summed E-state index contributed by atoms with van der Waals surface area (Å²) in [4.78, 5) is 12.8. The van der Waals surface area contributed by atoms with Crippen molar-refractivity contribution < 1.29 is 9.18 Å². The number of anilines is 1. The number of hydrogen-bond acceptors (Lipinski definition) is 3. The van der Waals surface area contributed by atoms with Crippen molar-refractivity contribution in [2.24, 2.45) is 11.8 Å². The van der Waals surface area contributed by atoms with Gasteiger partial charge in [-0.2, -0.15) is 0 Å². The number of fused-ring (bicyclic) bond motifs is 1. The first-order valence-corrected chi connectivity index (χ1v) is 10.2. The van der Waals surface area contributed by atoms with E-state index >= 15 is 0 Å². The van der Waals surface area contributed by atoms with Crippen LogP contribution in [0, 0.1) is 24.6 Å². The molecule has 2 unspecified atom stereocenters. The van der Waals surface area contributed by atoms with Crippen molar-refractivity contribution in [3.05, 3.63) is 29.1 Å². The van der Waals surface area contributed by atoms with Gasteiger partial charge >= 0.3 is 0 Å². The van der Waals surface area contributed by atoms with E-state index in [1.165, 1.54) is 31.7 Å². The fourth-order valence-electron chi connectivity index (χ4n) is 5.10. The summed E-state index contributed by atoms with van der Waals surface area (Å²) in [7, 11) is 0. The van der Waals surface area contributed by atoms with E-state index in [0.717, 1.165) is 49.0 Å². The van der Waals surface area contributed by atoms with Crippen LogP contribution in [0.15, 0.2) is 12.1 Å². The van der Waals surface area contributed by atoms with Crippen LogP contribution in [0.2, 0.25) is 0 Å². The van der Waals surface area contributed by atoms with Crippen molar-refractivity contribution >= 4 is 11.6 Å². The molecule has 4 rings (SSSR count). The summed E-state index contributed by atoms with van der Waals surface area (Å²) in [6.45, 7) is 4.23. The highest BCUT2D eigenvalue weighted by atomic mass is 19.1. The number of carbonyl (C=O) groups excluding carboxylic acids is 1. The van der Waals surface area contributed by atoms with Crippen molar-refractivity contribution in [1.82, 2.24) is 10.6 Å². The molecule has 1 saturated heterocycles. The van der Waals surface area contributed by atoms with Crippen LogP contribution < -0.4 is 16.0 Å². The van der Waals surface area contributed by atoms with Gasteiger partial charge in [-0.05, 0) is 75.6 Å². The highest BCUT2D eigenvalue weighted by molar-refractivity contribution is 5.88. The number of piperidine rings is 1. The summed E-state index contributed by atoms with van der Waals surface area (Å²) < 4.78 is 14.0. The molecule has 1 aromatic rings. The fourth-order valence-corrected chi connectivity index (χ4v) is 5.10. The molecule has 3 aliphatic rings. The lowest BCUT2D eigenvalue weighted by Gasteiger charge is -2.37. The number of nitrogens with one attached hydrogen (secondary N) is 3. The Morgan fingerprint density at radius 3 is 2.81 bits per heavy atom. The van der Waals surface area contributed by atoms with E-state index in [1.54, 1.807) is 6.07 Å². The van der Waals surface area contributed by atoms with Crippen molar-refractivity contribution in [3.8, 4) is 0 Å². The molecular formula is C21H30FN3O. The number of hydrogen-bond donors (Lipinski definition) is 3. The van der Waals surface area contributed by atoms with Crippen LogP contribution >= 0.6 is 0 Å². The summed E-state index contributed by atoms with van der Waals surface area (Å²) >= 11 is 0. The van der Waals surface area contributed by atoms with Gasteiger partial charge in [-0.1, -0.05) is 12.5 Å². The SMILES string of the molecule is Cc1ccc(F)c2c1NC(C(=O)N[C@@H]1CCC[C@@H](C3CCCNC3)C1)C2. The first-order chi connectivity index (χ1) is 12.6. The van der Waals surface area contributed by atoms with Crippen molar-refractivity contribution in [2.75, 3.05) is 18.4 Å². The third-order valence-electron chi connectivity index (χ3n) is 6.57. The van der Waals surface area contributed by atoms with Gasteiger partial charge in [0.2, 0.25) is 5.91 Å². The monoisotopic (exact) mass is 359 g/mol. The van der Waals surface area contributed by atoms with E-state index in [-0.39, 0.29) is 23.8 Å². The van der Waals surface area contributed by atoms with Crippen LogP contribution in [-0.4, -0.2) is 31.1 Å². The lowest BCUT2D eigenvalue weighted by molar-refractivity contribution is -0.122. The summed E-state index contributed by atoms with van der Waals surface area (Å²) in [6, 6.07) is 3.18. The molecule has 0 spiro atoms. The molecule has 0 radical (unpaired) electrons. The maximum Gasteiger partial charge on any atom is 0.243 e. The van der Waals surface area contributed by atoms with Crippen LogP contribution in [0.5, 0.6) is 0 Å². The Hall–Kier alpha value is -1.62. The Balaban J connectivity index is 1.35. The quantitative estimate of drug-likeness (QED) is 0.777. The maximum absolute atomic E-state index is 14.0. The van der Waals surface area contributed by atoms with Gasteiger partial charge in [-0.25, -0.2) is 4.39 Å². The molecule has 142 valence electrons. The number of benzene rings is 1. The largest absolute Gasteiger partial charge is 0.373 e. The number of aryl methyl sites for hydroxylation is 1. The van der Waals surface area contributed by atoms with Crippen LogP contribution in [0.3, 0.4) is 0 Å². The predicted octanol–water partition coefficient (Wildman–Crippen LogP) is 3.15. The van der Waals surface area contributed by atoms with Gasteiger partial charge in [0.05, 0.1) is 0 Å². The predicted molar refractivity (Wildman–Crippen MR) is 102 cm³/mol. The van der Waals surface area contributed by atoms with Gasteiger partial charge in [0, 0.05) is 23.7 Å². The molecule has 2 heterocycles. The minimum absolute atomic E-state index is 0.0208. The summed E-state index contributed by atoms with van der Waals surface area (Å²) in [5.74, 6) is 1.28. The highest BCUT2D eigenvalue weighted by Crippen LogP contribution is 2.34. The number of carbonyl (C=O) groups is 1. The van der Waals surface area contributed by atoms with Gasteiger partial charge in [-0.3, -0.25) is 4.79 Å². The van der Waals surface area contributed by atoms with Crippen LogP contribution in [0.4, 0.5) is 10.1 Å². The molecule has 5 heteroatoms. The molecule has 2 aliphatic heterocycles. The van der Waals surface area contributed by atoms with E-state index in [2.05, 4.69) is 16.0 Å². The standard InChI is InChI=1S/C21H30FN3O/c1-13-7-8-18(22)17-11-19(25-20(13)17)21(26)24-16-6-2-4-14(10-16)15-5-3-9-23-12-15/h7-8,14-16,19,23,25H,2-6,9-12H2,1H3,(H,24,26)/t14-,15?,16-,19?/m1/s1. The minimum atomic E-state index is -0.350. The summed E-state index contributed by atoms with van der Waals surface area (Å²) in [5, 5.41) is 10.0. The Kier molecular flexibility index (Phi) is 5.16. The van der Waals surface area contributed by atoms with Crippen LogP contribution in [0.1, 0.15) is 49.7 Å². The second kappa shape index (κ2) is 7.55. The van der Waals surface area contributed by atoms with Gasteiger partial charge < -0.3 is 16.0 Å². The van der Waals surface area contributed by atoms with Crippen molar-refractivity contribution in [3.63, 3.8) is 0 Å². The minimum Gasteiger partial charge on any atom is -0.373 e. The Labute approximate surface area is 155 Å². The van der Waals surface area contributed by atoms with E-state index in [0.29, 0.717) is 12.0 Å². The topological polar surface area (TPSA) is 53.2 Å². The summed E-state index contributed by atoms with van der Waals surface area (Å²) in [5.41, 5.74) is 2.46. The average molecular weight is 359 g/mol. The molecule has 1 aromatic carbocycles. The Bertz CT molecular complexity index is 640. The summed E-state index contributed by atoms with van der Waals surface area (Å²) in [6.07, 6.45) is 7.66. The molecule has 0 aromatic heterocycles. The van der Waals surface area contributed by atoms with Gasteiger partial charge in [0.15, 0.2) is 0 Å². The highest BCUT2D eigenvalue weighted by Gasteiger charge is 2.34. The molecule has 1 amide bonds. The Morgan fingerprint density at radius 1 is 1.19 bits per heavy atom. The van der Waals surface area contributed by atoms with Gasteiger partial charge in [-0.15, -0.1) is 0 Å². The molecule has 0 bridgehead atoms. The van der Waals surface area contributed by atoms with E-state index in [9.17, 15) is 9.18 Å². The molecule has 3 N–H and O–H groups in total. The normalized spacial score (nSPS) is 31.2. The molecular weight excluding hydrogens is 329 g/mol. The second-order valence-electron chi connectivity index (χ2n) is 8.36. The zero-order valence-electron chi connectivity index (χ0n) is 15.6. The van der Waals surface area contributed by atoms with E-state index in [1.807, 2.05) is 6.92 Å². The smallest absolute Gasteiger partial charge is 0.243 e. The molecule has 1 saturated carbocycles. The first kappa shape index (κ1) is 17.8. The van der Waals surface area contributed by atoms with Gasteiger partial charge in [0.25, 0.3) is 0 Å². The van der Waals surface area contributed by atoms with Crippen molar-refractivity contribution in [1.29, 1.82) is 0 Å². The number of rotatable bonds is 3. The zero-order chi connectivity index (χ0) is 18.1. The third kappa shape index (κ3) is 3.59. The van der Waals surface area contributed by atoms with Crippen LogP contribution in [-0.2, 0) is 11.2 Å². The molecule has 4 nitrogen and oxygen atoms in total. The van der Waals surface area contributed by atoms with Gasteiger partial charge in [0.1, 0.15) is 11.9 Å². The average Bonchev–Trinajstić information content (AvgIpc) is 3.13. The molecule has 1 aliphatic carbocycles. The second-order valence-corrected chi connectivity index (χ2v) is 8.36. The first-order valence-electron chi connectivity index (χ1n) is 10.2. The number of halogens is 1. The van der Waals surface area contributed by atoms with Crippen molar-refractivity contribution in [2.45, 2.75) is 64.0 Å². The van der Waals surface area contributed by atoms with E-state index < -0.39 is 0 Å². The molecule has 2 fully saturated rings. The molecule has 4 atom stereocenters. The molecule has 26 heavy (non-hydrogen) atoms. The van der Waals surface area contributed by atoms with Crippen LogP contribution in [0.25, 0.3) is 0 Å². The zero-order valence-corrected chi connectivity index (χ0v) is 15.6.